The molecule has 6 heteroatoms. The van der Waals surface area contributed by atoms with Crippen molar-refractivity contribution in [2.75, 3.05) is 0 Å². The van der Waals surface area contributed by atoms with Crippen LogP contribution in [0.1, 0.15) is 0 Å². The molecule has 0 bridgehead atoms. The van der Waals surface area contributed by atoms with E-state index in [2.05, 4.69) is 84.9 Å². The fourth-order valence-electron chi connectivity index (χ4n) is 6.95. The van der Waals surface area contributed by atoms with Crippen molar-refractivity contribution in [2.24, 2.45) is 0 Å². The minimum atomic E-state index is 0.613. The van der Waals surface area contributed by atoms with Gasteiger partial charge in [0.05, 0.1) is 27.9 Å². The van der Waals surface area contributed by atoms with Gasteiger partial charge in [0.25, 0.3) is 0 Å². The Hall–Kier alpha value is -7.18. The summed E-state index contributed by atoms with van der Waals surface area (Å²) in [6.45, 7) is 0. The van der Waals surface area contributed by atoms with E-state index in [4.69, 9.17) is 29.9 Å². The Morgan fingerprint density at radius 3 is 1.44 bits per heavy atom. The Balaban J connectivity index is 1.12. The molecule has 0 aliphatic carbocycles. The number of fused-ring (bicyclic) bond motifs is 7. The Kier molecular flexibility index (Phi) is 7.03. The van der Waals surface area contributed by atoms with E-state index in [1.54, 1.807) is 0 Å². The van der Waals surface area contributed by atoms with Crippen molar-refractivity contribution in [3.8, 4) is 56.7 Å². The van der Waals surface area contributed by atoms with E-state index in [9.17, 15) is 0 Å². The van der Waals surface area contributed by atoms with Crippen molar-refractivity contribution in [3.05, 3.63) is 170 Å². The summed E-state index contributed by atoms with van der Waals surface area (Å²) in [4.78, 5) is 30.2. The van der Waals surface area contributed by atoms with Gasteiger partial charge in [0.1, 0.15) is 0 Å². The molecule has 0 N–H and O–H groups in total. The molecule has 0 aliphatic heterocycles. The molecule has 6 aromatic carbocycles. The quantitative estimate of drug-likeness (QED) is 0.170. The summed E-state index contributed by atoms with van der Waals surface area (Å²) in [5, 5.41) is 5.18. The van der Waals surface area contributed by atoms with Gasteiger partial charge in [-0.15, -0.1) is 0 Å². The van der Waals surface area contributed by atoms with E-state index in [1.807, 2.05) is 85.1 Å². The van der Waals surface area contributed by atoms with Crippen molar-refractivity contribution in [1.29, 1.82) is 0 Å². The first-order valence-electron chi connectivity index (χ1n) is 17.2. The monoisotopic (exact) mass is 664 g/mol. The van der Waals surface area contributed by atoms with Crippen LogP contribution >= 0.6 is 0 Å². The van der Waals surface area contributed by atoms with Gasteiger partial charge >= 0.3 is 0 Å². The molecule has 4 aromatic heterocycles. The van der Waals surface area contributed by atoms with Gasteiger partial charge in [-0.2, -0.15) is 0 Å². The van der Waals surface area contributed by atoms with Crippen molar-refractivity contribution < 1.29 is 0 Å². The fraction of sp³-hybridized carbons (Fsp3) is 0. The molecule has 0 fully saturated rings. The number of rotatable bonds is 5. The lowest BCUT2D eigenvalue weighted by atomic mass is 9.98. The van der Waals surface area contributed by atoms with Crippen LogP contribution < -0.4 is 0 Å². The van der Waals surface area contributed by atoms with Crippen molar-refractivity contribution in [2.45, 2.75) is 0 Å². The van der Waals surface area contributed by atoms with E-state index < -0.39 is 0 Å². The number of hydrogen-bond donors (Lipinski definition) is 0. The predicted octanol–water partition coefficient (Wildman–Crippen LogP) is 11.0. The number of benzene rings is 6. The third kappa shape index (κ3) is 5.13. The van der Waals surface area contributed by atoms with E-state index >= 15 is 0 Å². The van der Waals surface area contributed by atoms with Crippen LogP contribution in [-0.4, -0.2) is 29.9 Å². The average Bonchev–Trinajstić information content (AvgIpc) is 3.23. The molecule has 0 unspecified atom stereocenters. The van der Waals surface area contributed by atoms with Crippen molar-refractivity contribution >= 4 is 43.5 Å². The highest BCUT2D eigenvalue weighted by atomic mass is 15.0. The molecule has 0 amide bonds. The number of nitrogens with zero attached hydrogens (tertiary/aromatic N) is 6. The molecule has 10 aromatic rings. The van der Waals surface area contributed by atoms with Gasteiger partial charge in [0.2, 0.25) is 0 Å². The van der Waals surface area contributed by atoms with E-state index in [-0.39, 0.29) is 0 Å². The first-order valence-corrected chi connectivity index (χ1v) is 17.2. The zero-order chi connectivity index (χ0) is 34.4. The summed E-state index contributed by atoms with van der Waals surface area (Å²) in [6.07, 6.45) is 1.95. The highest BCUT2D eigenvalue weighted by molar-refractivity contribution is 6.20. The minimum Gasteiger partial charge on any atom is -0.253 e. The third-order valence-electron chi connectivity index (χ3n) is 9.55. The second-order valence-corrected chi connectivity index (χ2v) is 12.7. The van der Waals surface area contributed by atoms with Gasteiger partial charge in [-0.3, -0.25) is 4.98 Å². The third-order valence-corrected chi connectivity index (χ3v) is 9.55. The van der Waals surface area contributed by atoms with Crippen molar-refractivity contribution in [1.82, 2.24) is 29.9 Å². The molecular weight excluding hydrogens is 637 g/mol. The minimum absolute atomic E-state index is 0.613. The summed E-state index contributed by atoms with van der Waals surface area (Å²) in [5.74, 6) is 1.88. The fourth-order valence-corrected chi connectivity index (χ4v) is 6.95. The van der Waals surface area contributed by atoms with Crippen LogP contribution in [0.5, 0.6) is 0 Å². The zero-order valence-electron chi connectivity index (χ0n) is 27.8. The summed E-state index contributed by atoms with van der Waals surface area (Å²) in [5.41, 5.74) is 9.26. The largest absolute Gasteiger partial charge is 0.253 e. The van der Waals surface area contributed by atoms with Crippen LogP contribution in [-0.2, 0) is 0 Å². The maximum atomic E-state index is 5.39. The molecule has 0 radical (unpaired) electrons. The summed E-state index contributed by atoms with van der Waals surface area (Å²) >= 11 is 0. The van der Waals surface area contributed by atoms with Crippen LogP contribution in [0.4, 0.5) is 0 Å². The van der Waals surface area contributed by atoms with Crippen molar-refractivity contribution in [3.63, 3.8) is 0 Å². The van der Waals surface area contributed by atoms with E-state index in [0.717, 1.165) is 82.7 Å². The highest BCUT2D eigenvalue weighted by Crippen LogP contribution is 2.37. The molecule has 0 saturated heterocycles. The average molecular weight is 665 g/mol. The molecular formula is C46H28N6. The van der Waals surface area contributed by atoms with Crippen LogP contribution in [0.15, 0.2) is 170 Å². The Bertz CT molecular complexity index is 2870. The zero-order valence-corrected chi connectivity index (χ0v) is 27.8. The second kappa shape index (κ2) is 12.3. The number of pyridine rings is 3. The highest BCUT2D eigenvalue weighted by Gasteiger charge is 2.17. The molecule has 0 spiro atoms. The summed E-state index contributed by atoms with van der Waals surface area (Å²) < 4.78 is 0. The molecule has 242 valence electrons. The maximum Gasteiger partial charge on any atom is 0.164 e. The molecule has 6 nitrogen and oxygen atoms in total. The van der Waals surface area contributed by atoms with Crippen LogP contribution in [0.25, 0.3) is 100 Å². The SMILES string of the molecule is c1ccc(-c2ccc3ccc4c5nc(-c6ccc(-c7nc(-c8ccccc8)nc(-c8ccccc8)n7)cc6)c6ccccc6c5cnc4c3n2)cc1. The molecule has 0 aliphatic rings. The van der Waals surface area contributed by atoms with E-state index in [1.165, 1.54) is 0 Å². The van der Waals surface area contributed by atoms with Gasteiger partial charge in [-0.05, 0) is 17.5 Å². The molecule has 4 heterocycles. The summed E-state index contributed by atoms with van der Waals surface area (Å²) in [7, 11) is 0. The second-order valence-electron chi connectivity index (χ2n) is 12.7. The lowest BCUT2D eigenvalue weighted by Gasteiger charge is -2.13. The standard InChI is InChI=1S/C46H28N6/c1-4-12-29(13-5-1)39-27-25-31-24-26-37-42-38(28-47-43(37)41(31)48-39)35-18-10-11-19-36(35)40(49-42)30-20-22-34(23-21-30)46-51-44(32-14-6-2-7-15-32)50-45(52-46)33-16-8-3-9-17-33/h1-28H. The van der Waals surface area contributed by atoms with Crippen LogP contribution in [0, 0.1) is 0 Å². The van der Waals surface area contributed by atoms with Gasteiger partial charge in [0, 0.05) is 55.6 Å². The Morgan fingerprint density at radius 1 is 0.288 bits per heavy atom. The first-order chi connectivity index (χ1) is 25.8. The normalized spacial score (nSPS) is 11.5. The lowest BCUT2D eigenvalue weighted by Crippen LogP contribution is -2.00. The number of aromatic nitrogens is 6. The number of hydrogen-bond acceptors (Lipinski definition) is 6. The van der Waals surface area contributed by atoms with Gasteiger partial charge in [-0.25, -0.2) is 24.9 Å². The molecule has 0 saturated carbocycles. The summed E-state index contributed by atoms with van der Waals surface area (Å²) in [6, 6.07) is 55.5. The molecule has 10 rings (SSSR count). The van der Waals surface area contributed by atoms with Gasteiger partial charge in [-0.1, -0.05) is 152 Å². The molecule has 52 heavy (non-hydrogen) atoms. The topological polar surface area (TPSA) is 77.3 Å². The van der Waals surface area contributed by atoms with Gasteiger partial charge < -0.3 is 0 Å². The van der Waals surface area contributed by atoms with Gasteiger partial charge in [0.15, 0.2) is 17.5 Å². The maximum absolute atomic E-state index is 5.39. The molecule has 0 atom stereocenters. The Morgan fingerprint density at radius 2 is 0.808 bits per heavy atom. The Labute approximate surface area is 299 Å². The predicted molar refractivity (Wildman–Crippen MR) is 210 cm³/mol. The first kappa shape index (κ1) is 29.7. The van der Waals surface area contributed by atoms with Crippen LogP contribution in [0.3, 0.4) is 0 Å². The lowest BCUT2D eigenvalue weighted by molar-refractivity contribution is 1.07. The van der Waals surface area contributed by atoms with Crippen LogP contribution in [0.2, 0.25) is 0 Å². The van der Waals surface area contributed by atoms with E-state index in [0.29, 0.717) is 17.5 Å². The smallest absolute Gasteiger partial charge is 0.164 e.